The molecule has 2 fully saturated rings. The molecule has 0 spiro atoms. The summed E-state index contributed by atoms with van der Waals surface area (Å²) in [5.74, 6) is 0. The van der Waals surface area contributed by atoms with E-state index in [1.165, 1.54) is 5.56 Å². The first-order valence-corrected chi connectivity index (χ1v) is 5.93. The van der Waals surface area contributed by atoms with Gasteiger partial charge in [0.2, 0.25) is 0 Å². The molecule has 0 aromatic heterocycles. The Morgan fingerprint density at radius 2 is 2.00 bits per heavy atom. The molecule has 1 aliphatic carbocycles. The average molecular weight is 219 g/mol. The Kier molecular flexibility index (Phi) is 2.46. The number of benzene rings is 1. The van der Waals surface area contributed by atoms with Gasteiger partial charge in [0.05, 0.1) is 18.3 Å². The highest BCUT2D eigenvalue weighted by Crippen LogP contribution is 2.45. The van der Waals surface area contributed by atoms with Crippen molar-refractivity contribution in [2.45, 2.75) is 24.5 Å². The highest BCUT2D eigenvalue weighted by atomic mass is 16.5. The first kappa shape index (κ1) is 10.3. The van der Waals surface area contributed by atoms with Crippen molar-refractivity contribution in [2.24, 2.45) is 0 Å². The minimum atomic E-state index is -0.524. The Balaban J connectivity index is 1.76. The predicted molar refractivity (Wildman–Crippen MR) is 61.1 cm³/mol. The second kappa shape index (κ2) is 3.84. The van der Waals surface area contributed by atoms with Gasteiger partial charge in [0.1, 0.15) is 0 Å². The zero-order valence-corrected chi connectivity index (χ0v) is 9.28. The Hall–Kier alpha value is -0.900. The highest BCUT2D eigenvalue weighted by Gasteiger charge is 2.41. The molecule has 2 N–H and O–H groups in total. The summed E-state index contributed by atoms with van der Waals surface area (Å²) in [4.78, 5) is 0. The van der Waals surface area contributed by atoms with Gasteiger partial charge in [0, 0.05) is 13.1 Å². The van der Waals surface area contributed by atoms with Crippen LogP contribution >= 0.6 is 0 Å². The van der Waals surface area contributed by atoms with E-state index in [-0.39, 0.29) is 6.10 Å². The predicted octanol–water partition coefficient (Wildman–Crippen LogP) is 1.33. The van der Waals surface area contributed by atoms with Crippen molar-refractivity contribution in [1.82, 2.24) is 5.32 Å². The van der Waals surface area contributed by atoms with E-state index in [0.29, 0.717) is 0 Å². The standard InChI is InChI=1S/C13H17NO2/c15-13(5-6-13)11-3-1-10(2-4-11)12-9-14-7-8-16-12/h1-4,12,14-15H,5-9H2. The van der Waals surface area contributed by atoms with Gasteiger partial charge >= 0.3 is 0 Å². The van der Waals surface area contributed by atoms with Gasteiger partial charge < -0.3 is 15.2 Å². The van der Waals surface area contributed by atoms with Gasteiger partial charge in [-0.2, -0.15) is 0 Å². The zero-order chi connectivity index (χ0) is 11.0. The van der Waals surface area contributed by atoms with E-state index in [0.717, 1.165) is 38.1 Å². The number of nitrogens with one attached hydrogen (secondary N) is 1. The third kappa shape index (κ3) is 1.86. The largest absolute Gasteiger partial charge is 0.385 e. The lowest BCUT2D eigenvalue weighted by atomic mass is 10.0. The summed E-state index contributed by atoms with van der Waals surface area (Å²) in [6, 6.07) is 8.20. The summed E-state index contributed by atoms with van der Waals surface area (Å²) in [6.07, 6.45) is 1.96. The Labute approximate surface area is 95.4 Å². The molecule has 1 saturated heterocycles. The van der Waals surface area contributed by atoms with Gasteiger partial charge in [0.15, 0.2) is 0 Å². The van der Waals surface area contributed by atoms with Crippen molar-refractivity contribution in [3.63, 3.8) is 0 Å². The fraction of sp³-hybridized carbons (Fsp3) is 0.538. The first-order valence-electron chi connectivity index (χ1n) is 5.93. The number of hydrogen-bond acceptors (Lipinski definition) is 3. The topological polar surface area (TPSA) is 41.5 Å². The smallest absolute Gasteiger partial charge is 0.0949 e. The minimum absolute atomic E-state index is 0.164. The molecule has 1 heterocycles. The number of morpholine rings is 1. The van der Waals surface area contributed by atoms with Crippen LogP contribution in [0, 0.1) is 0 Å². The second-order valence-corrected chi connectivity index (χ2v) is 4.72. The van der Waals surface area contributed by atoms with E-state index < -0.39 is 5.60 Å². The maximum absolute atomic E-state index is 9.96. The maximum Gasteiger partial charge on any atom is 0.0949 e. The van der Waals surface area contributed by atoms with Crippen molar-refractivity contribution in [3.05, 3.63) is 35.4 Å². The van der Waals surface area contributed by atoms with Crippen LogP contribution < -0.4 is 5.32 Å². The molecule has 1 aromatic rings. The zero-order valence-electron chi connectivity index (χ0n) is 9.28. The van der Waals surface area contributed by atoms with Gasteiger partial charge in [-0.25, -0.2) is 0 Å². The molecule has 3 rings (SSSR count). The van der Waals surface area contributed by atoms with Crippen molar-refractivity contribution in [2.75, 3.05) is 19.7 Å². The number of rotatable bonds is 2. The second-order valence-electron chi connectivity index (χ2n) is 4.72. The molecular formula is C13H17NO2. The van der Waals surface area contributed by atoms with Crippen LogP contribution in [0.2, 0.25) is 0 Å². The molecule has 1 aromatic carbocycles. The summed E-state index contributed by atoms with van der Waals surface area (Å²) < 4.78 is 5.68. The Bertz CT molecular complexity index is 364. The molecule has 0 bridgehead atoms. The van der Waals surface area contributed by atoms with Crippen LogP contribution in [0.1, 0.15) is 30.1 Å². The van der Waals surface area contributed by atoms with Crippen LogP contribution in [0.4, 0.5) is 0 Å². The first-order chi connectivity index (χ1) is 7.78. The normalized spacial score (nSPS) is 27.7. The highest BCUT2D eigenvalue weighted by molar-refractivity contribution is 5.31. The number of ether oxygens (including phenoxy) is 1. The van der Waals surface area contributed by atoms with E-state index in [4.69, 9.17) is 4.74 Å². The van der Waals surface area contributed by atoms with Gasteiger partial charge in [-0.3, -0.25) is 0 Å². The molecule has 3 heteroatoms. The van der Waals surface area contributed by atoms with Crippen LogP contribution in [0.5, 0.6) is 0 Å². The molecule has 0 amide bonds. The number of aliphatic hydroxyl groups is 1. The Morgan fingerprint density at radius 1 is 1.25 bits per heavy atom. The van der Waals surface area contributed by atoms with Crippen molar-refractivity contribution >= 4 is 0 Å². The molecule has 16 heavy (non-hydrogen) atoms. The summed E-state index contributed by atoms with van der Waals surface area (Å²) in [6.45, 7) is 2.59. The van der Waals surface area contributed by atoms with Crippen molar-refractivity contribution in [3.8, 4) is 0 Å². The van der Waals surface area contributed by atoms with Crippen LogP contribution in [-0.2, 0) is 10.3 Å². The van der Waals surface area contributed by atoms with Crippen LogP contribution in [0.3, 0.4) is 0 Å². The monoisotopic (exact) mass is 219 g/mol. The van der Waals surface area contributed by atoms with Crippen molar-refractivity contribution < 1.29 is 9.84 Å². The summed E-state index contributed by atoms with van der Waals surface area (Å²) in [7, 11) is 0. The molecule has 1 atom stereocenters. The third-order valence-corrected chi connectivity index (χ3v) is 3.47. The fourth-order valence-electron chi connectivity index (χ4n) is 2.19. The van der Waals surface area contributed by atoms with Gasteiger partial charge in [-0.05, 0) is 24.0 Å². The van der Waals surface area contributed by atoms with E-state index >= 15 is 0 Å². The summed E-state index contributed by atoms with van der Waals surface area (Å²) >= 11 is 0. The molecular weight excluding hydrogens is 202 g/mol. The molecule has 1 unspecified atom stereocenters. The minimum Gasteiger partial charge on any atom is -0.385 e. The third-order valence-electron chi connectivity index (χ3n) is 3.47. The maximum atomic E-state index is 9.96. The molecule has 2 aliphatic rings. The molecule has 1 saturated carbocycles. The number of hydrogen-bond donors (Lipinski definition) is 2. The SMILES string of the molecule is OC1(c2ccc(C3CNCCO3)cc2)CC1. The van der Waals surface area contributed by atoms with Crippen LogP contribution in [0.15, 0.2) is 24.3 Å². The van der Waals surface area contributed by atoms with E-state index in [2.05, 4.69) is 17.4 Å². The van der Waals surface area contributed by atoms with E-state index in [1.54, 1.807) is 0 Å². The van der Waals surface area contributed by atoms with Crippen molar-refractivity contribution in [1.29, 1.82) is 0 Å². The molecule has 86 valence electrons. The van der Waals surface area contributed by atoms with Crippen LogP contribution in [-0.4, -0.2) is 24.8 Å². The molecule has 0 radical (unpaired) electrons. The summed E-state index contributed by atoms with van der Waals surface area (Å²) in [5, 5.41) is 13.3. The average Bonchev–Trinajstić information content (AvgIpc) is 3.10. The van der Waals surface area contributed by atoms with Gasteiger partial charge in [-0.1, -0.05) is 24.3 Å². The lowest BCUT2D eigenvalue weighted by Crippen LogP contribution is -2.33. The lowest BCUT2D eigenvalue weighted by Gasteiger charge is -2.24. The lowest BCUT2D eigenvalue weighted by molar-refractivity contribution is 0.0276. The van der Waals surface area contributed by atoms with E-state index in [1.807, 2.05) is 12.1 Å². The molecule has 1 aliphatic heterocycles. The van der Waals surface area contributed by atoms with Crippen LogP contribution in [0.25, 0.3) is 0 Å². The molecule has 3 nitrogen and oxygen atoms in total. The Morgan fingerprint density at radius 3 is 2.56 bits per heavy atom. The fourth-order valence-corrected chi connectivity index (χ4v) is 2.19. The quantitative estimate of drug-likeness (QED) is 0.788. The van der Waals surface area contributed by atoms with E-state index in [9.17, 15) is 5.11 Å². The van der Waals surface area contributed by atoms with Gasteiger partial charge in [-0.15, -0.1) is 0 Å². The summed E-state index contributed by atoms with van der Waals surface area (Å²) in [5.41, 5.74) is 1.71. The van der Waals surface area contributed by atoms with Gasteiger partial charge in [0.25, 0.3) is 0 Å².